The van der Waals surface area contributed by atoms with Crippen molar-refractivity contribution < 1.29 is 32.3 Å². The fraction of sp³-hybridized carbons (Fsp3) is 0.630. The molecule has 2 amide bonds. The summed E-state index contributed by atoms with van der Waals surface area (Å²) in [5.74, 6) is -1.30. The van der Waals surface area contributed by atoms with Crippen molar-refractivity contribution in [3.05, 3.63) is 28.5 Å². The summed E-state index contributed by atoms with van der Waals surface area (Å²) >= 11 is 0.653. The number of carbonyl (C=O) groups is 2. The number of anilines is 1. The maximum Gasteiger partial charge on any atom is 0.417 e. The Hall–Kier alpha value is -2.80. The molecule has 1 spiro atoms. The lowest BCUT2D eigenvalue weighted by Gasteiger charge is -2.54. The Morgan fingerprint density at radius 3 is 2.45 bits per heavy atom. The van der Waals surface area contributed by atoms with Gasteiger partial charge in [0, 0.05) is 37.4 Å². The van der Waals surface area contributed by atoms with Crippen molar-refractivity contribution in [2.75, 3.05) is 25.0 Å². The second-order valence-electron chi connectivity index (χ2n) is 11.9. The molecule has 8 nitrogen and oxygen atoms in total. The fourth-order valence-electron chi connectivity index (χ4n) is 5.65. The zero-order valence-electron chi connectivity index (χ0n) is 22.4. The molecule has 2 saturated carbocycles. The van der Waals surface area contributed by atoms with E-state index in [1.807, 2.05) is 0 Å². The molecule has 0 atom stereocenters. The van der Waals surface area contributed by atoms with Crippen LogP contribution in [-0.2, 0) is 6.18 Å². The van der Waals surface area contributed by atoms with Crippen molar-refractivity contribution in [2.24, 2.45) is 5.41 Å². The van der Waals surface area contributed by atoms with Gasteiger partial charge in [0.1, 0.15) is 17.7 Å². The number of likely N-dealkylation sites (tertiary alicyclic amines) is 1. The fourth-order valence-corrected chi connectivity index (χ4v) is 6.65. The number of pyridine rings is 1. The molecule has 3 fully saturated rings. The van der Waals surface area contributed by atoms with Crippen molar-refractivity contribution in [3.8, 4) is 10.4 Å². The minimum absolute atomic E-state index is 0.0600. The van der Waals surface area contributed by atoms with Crippen LogP contribution in [0.25, 0.3) is 10.4 Å². The van der Waals surface area contributed by atoms with E-state index in [1.54, 1.807) is 0 Å². The average Bonchev–Trinajstić information content (AvgIpc) is 3.27. The first-order valence-corrected chi connectivity index (χ1v) is 14.3. The van der Waals surface area contributed by atoms with Gasteiger partial charge in [-0.3, -0.25) is 9.59 Å². The molecule has 2 aliphatic carbocycles. The highest BCUT2D eigenvalue weighted by Gasteiger charge is 2.48. The minimum Gasteiger partial charge on any atom is -0.389 e. The van der Waals surface area contributed by atoms with Crippen molar-refractivity contribution in [1.29, 1.82) is 0 Å². The Morgan fingerprint density at radius 2 is 1.88 bits per heavy atom. The summed E-state index contributed by atoms with van der Waals surface area (Å²) < 4.78 is 56.8. The van der Waals surface area contributed by atoms with E-state index in [-0.39, 0.29) is 65.5 Å². The molecule has 0 unspecified atom stereocenters. The lowest BCUT2D eigenvalue weighted by Crippen LogP contribution is -2.49. The van der Waals surface area contributed by atoms with Crippen LogP contribution in [0.15, 0.2) is 12.3 Å². The number of alkyl halides is 4. The maximum atomic E-state index is 14.4. The molecule has 40 heavy (non-hydrogen) atoms. The monoisotopic (exact) mass is 583 g/mol. The highest BCUT2D eigenvalue weighted by atomic mass is 32.1. The molecule has 5 rings (SSSR count). The summed E-state index contributed by atoms with van der Waals surface area (Å²) in [6.07, 6.45) is 0.780. The van der Waals surface area contributed by atoms with Gasteiger partial charge in [0.25, 0.3) is 11.8 Å². The summed E-state index contributed by atoms with van der Waals surface area (Å²) in [4.78, 5) is 35.9. The predicted molar refractivity (Wildman–Crippen MR) is 142 cm³/mol. The highest BCUT2D eigenvalue weighted by Crippen LogP contribution is 2.56. The topological polar surface area (TPSA) is 107 Å². The summed E-state index contributed by atoms with van der Waals surface area (Å²) in [7, 11) is 0. The number of hydrogen-bond acceptors (Lipinski definition) is 7. The van der Waals surface area contributed by atoms with Crippen LogP contribution < -0.4 is 10.6 Å². The Kier molecular flexibility index (Phi) is 7.58. The van der Waals surface area contributed by atoms with Gasteiger partial charge in [0.05, 0.1) is 16.0 Å². The lowest BCUT2D eigenvalue weighted by atomic mass is 9.54. The largest absolute Gasteiger partial charge is 0.417 e. The number of nitrogens with one attached hydrogen (secondary N) is 2. The summed E-state index contributed by atoms with van der Waals surface area (Å²) in [6.45, 7) is 3.01. The third kappa shape index (κ3) is 6.09. The van der Waals surface area contributed by atoms with Crippen LogP contribution >= 0.6 is 11.3 Å². The zero-order valence-corrected chi connectivity index (χ0v) is 23.2. The number of nitrogens with zero attached hydrogens (tertiary/aromatic N) is 3. The Morgan fingerprint density at radius 1 is 1.20 bits per heavy atom. The van der Waals surface area contributed by atoms with Crippen LogP contribution in [0.2, 0.25) is 0 Å². The number of thiazole rings is 1. The molecule has 0 bridgehead atoms. The molecule has 3 aliphatic rings. The number of halogens is 4. The van der Waals surface area contributed by atoms with E-state index in [1.165, 1.54) is 25.2 Å². The van der Waals surface area contributed by atoms with Crippen LogP contribution in [0.3, 0.4) is 0 Å². The molecule has 1 saturated heterocycles. The third-order valence-electron chi connectivity index (χ3n) is 8.00. The van der Waals surface area contributed by atoms with E-state index >= 15 is 0 Å². The molecular weight excluding hydrogens is 550 g/mol. The summed E-state index contributed by atoms with van der Waals surface area (Å²) in [5.41, 5.74) is -2.56. The number of rotatable bonds is 7. The van der Waals surface area contributed by atoms with E-state index in [4.69, 9.17) is 0 Å². The minimum atomic E-state index is -4.77. The van der Waals surface area contributed by atoms with Crippen LogP contribution in [0.5, 0.6) is 0 Å². The molecule has 3 N–H and O–H groups in total. The maximum absolute atomic E-state index is 14.4. The Bertz CT molecular complexity index is 1270. The van der Waals surface area contributed by atoms with Crippen molar-refractivity contribution >= 4 is 29.0 Å². The standard InChI is InChI=1S/C27H33F4N5O3S/c1-25(2,39)14-33-22(37)23-35-20(24(38)36-8-4-15(28)5-9-36)21(40-23)17-13-32-19(10-18(17)27(29,30)31)34-16-11-26(12-16)6-3-7-26/h10,13,15-16,39H,3-9,11-12,14H2,1-2H3,(H,32,34)(H,33,37). The van der Waals surface area contributed by atoms with Crippen molar-refractivity contribution in [3.63, 3.8) is 0 Å². The summed E-state index contributed by atoms with van der Waals surface area (Å²) in [6, 6.07) is 1.00. The SMILES string of the molecule is CC(C)(O)CNC(=O)c1nc(C(=O)N2CCC(F)CC2)c(-c2cnc(NC3CC4(CCC4)C3)cc2C(F)(F)F)s1. The zero-order chi connectivity index (χ0) is 28.9. The molecule has 0 radical (unpaired) electrons. The quantitative estimate of drug-likeness (QED) is 0.394. The molecular formula is C27H33F4N5O3S. The summed E-state index contributed by atoms with van der Waals surface area (Å²) in [5, 5.41) is 15.3. The molecule has 3 heterocycles. The molecule has 1 aliphatic heterocycles. The van der Waals surface area contributed by atoms with E-state index in [0.29, 0.717) is 16.8 Å². The Balaban J connectivity index is 1.48. The van der Waals surface area contributed by atoms with Crippen LogP contribution in [0.4, 0.5) is 23.4 Å². The lowest BCUT2D eigenvalue weighted by molar-refractivity contribution is -0.137. The number of carbonyl (C=O) groups excluding carboxylic acids is 2. The first-order valence-electron chi connectivity index (χ1n) is 13.5. The molecule has 2 aromatic rings. The van der Waals surface area contributed by atoms with E-state index < -0.39 is 35.3 Å². The molecule has 2 aromatic heterocycles. The van der Waals surface area contributed by atoms with Gasteiger partial charge >= 0.3 is 6.18 Å². The van der Waals surface area contributed by atoms with Crippen LogP contribution in [-0.4, -0.2) is 69.2 Å². The molecule has 218 valence electrons. The third-order valence-corrected chi connectivity index (χ3v) is 9.08. The first kappa shape index (κ1) is 28.7. The Labute approximate surface area is 233 Å². The normalized spacial score (nSPS) is 19.7. The highest BCUT2D eigenvalue weighted by molar-refractivity contribution is 7.17. The van der Waals surface area contributed by atoms with Gasteiger partial charge < -0.3 is 20.6 Å². The second kappa shape index (κ2) is 10.6. The van der Waals surface area contributed by atoms with Crippen LogP contribution in [0, 0.1) is 5.41 Å². The van der Waals surface area contributed by atoms with E-state index in [2.05, 4.69) is 20.6 Å². The van der Waals surface area contributed by atoms with E-state index in [0.717, 1.165) is 37.9 Å². The van der Waals surface area contributed by atoms with Gasteiger partial charge in [-0.1, -0.05) is 6.42 Å². The smallest absolute Gasteiger partial charge is 0.389 e. The average molecular weight is 584 g/mol. The predicted octanol–water partition coefficient (Wildman–Crippen LogP) is 5.04. The number of aromatic nitrogens is 2. The van der Waals surface area contributed by atoms with Gasteiger partial charge in [0.15, 0.2) is 5.01 Å². The number of amides is 2. The number of aliphatic hydroxyl groups is 1. The van der Waals surface area contributed by atoms with E-state index in [9.17, 15) is 32.3 Å². The van der Waals surface area contributed by atoms with Crippen molar-refractivity contribution in [1.82, 2.24) is 20.2 Å². The molecule has 0 aromatic carbocycles. The number of piperidine rings is 1. The van der Waals surface area contributed by atoms with Gasteiger partial charge in [-0.2, -0.15) is 13.2 Å². The second-order valence-corrected chi connectivity index (χ2v) is 12.9. The van der Waals surface area contributed by atoms with Gasteiger partial charge in [-0.05, 0) is 63.9 Å². The van der Waals surface area contributed by atoms with Crippen LogP contribution in [0.1, 0.15) is 84.6 Å². The molecule has 13 heteroatoms. The number of hydrogen-bond donors (Lipinski definition) is 3. The first-order chi connectivity index (χ1) is 18.7. The van der Waals surface area contributed by atoms with Crippen molar-refractivity contribution in [2.45, 2.75) is 82.8 Å². The van der Waals surface area contributed by atoms with Gasteiger partial charge in [0.2, 0.25) is 0 Å². The van der Waals surface area contributed by atoms with Gasteiger partial charge in [-0.25, -0.2) is 14.4 Å². The van der Waals surface area contributed by atoms with Gasteiger partial charge in [-0.15, -0.1) is 11.3 Å².